The van der Waals surface area contributed by atoms with Crippen LogP contribution < -0.4 is 24.8 Å². The molecule has 0 N–H and O–H groups in total. The Labute approximate surface area is 158 Å². The molecule has 0 bridgehead atoms. The molecule has 0 spiro atoms. The first kappa shape index (κ1) is 17.5. The van der Waals surface area contributed by atoms with Crippen molar-refractivity contribution in [1.82, 2.24) is 0 Å². The van der Waals surface area contributed by atoms with Crippen molar-refractivity contribution >= 4 is 22.4 Å². The molecular weight excluding hydrogens is 478 g/mol. The normalized spacial score (nSPS) is 15.5. The monoisotopic (exact) mass is 491 g/mol. The summed E-state index contributed by atoms with van der Waals surface area (Å²) in [6.45, 7) is 0. The molecule has 0 aliphatic heterocycles. The molecule has 0 heterocycles. The summed E-state index contributed by atoms with van der Waals surface area (Å²) in [5.41, 5.74) is 5.80. The summed E-state index contributed by atoms with van der Waals surface area (Å²) in [5, 5.41) is 2.70. The molecule has 0 radical (unpaired) electrons. The van der Waals surface area contributed by atoms with Crippen molar-refractivity contribution in [3.8, 4) is 0 Å². The molecule has 3 heteroatoms. The molecule has 0 saturated heterocycles. The van der Waals surface area contributed by atoms with Crippen LogP contribution in [-0.4, -0.2) is 0 Å². The Morgan fingerprint density at radius 2 is 1.41 bits per heavy atom. The first-order chi connectivity index (χ1) is 9.84. The Morgan fingerprint density at radius 3 is 2.23 bits per heavy atom. The molecule has 3 aromatic carbocycles. The second-order valence-corrected chi connectivity index (χ2v) is 7.26. The summed E-state index contributed by atoms with van der Waals surface area (Å²) in [6, 6.07) is 24.1. The third kappa shape index (κ3) is 2.82. The van der Waals surface area contributed by atoms with E-state index in [1.54, 1.807) is 0 Å². The summed E-state index contributed by atoms with van der Waals surface area (Å²) in [7, 11) is 0. The van der Waals surface area contributed by atoms with E-state index < -0.39 is 0 Å². The molecule has 0 amide bonds. The van der Waals surface area contributed by atoms with E-state index in [9.17, 15) is 0 Å². The predicted octanol–water partition coefficient (Wildman–Crippen LogP) is -1.01. The van der Waals surface area contributed by atoms with Gasteiger partial charge in [-0.15, -0.1) is 0 Å². The molecule has 0 saturated carbocycles. The van der Waals surface area contributed by atoms with E-state index in [0.29, 0.717) is 3.67 Å². The van der Waals surface area contributed by atoms with Gasteiger partial charge in [-0.05, 0) is 0 Å². The minimum absolute atomic E-state index is 0. The van der Waals surface area contributed by atoms with E-state index in [-0.39, 0.29) is 24.8 Å². The molecule has 4 rings (SSSR count). The quantitative estimate of drug-likeness (QED) is 0.384. The van der Waals surface area contributed by atoms with E-state index in [0.717, 1.165) is 24.4 Å². The van der Waals surface area contributed by atoms with Gasteiger partial charge >= 0.3 is 134 Å². The first-order valence-corrected chi connectivity index (χ1v) is 8.92. The standard InChI is InChI=1S/C19H13.2ClH.Hf/c1-2-8-16-13-17(12-15(16)7-1)19-11-5-9-14-6-3-4-10-18(14)19;;;/h1-13H;2*1H;/q;;;+2/p-2. The van der Waals surface area contributed by atoms with Gasteiger partial charge in [-0.1, -0.05) is 0 Å². The van der Waals surface area contributed by atoms with Crippen molar-refractivity contribution in [1.29, 1.82) is 0 Å². The summed E-state index contributed by atoms with van der Waals surface area (Å²) in [5.74, 6) is 0. The Balaban J connectivity index is 0.000000882. The number of allylic oxidation sites excluding steroid dienone is 1. The number of halogens is 2. The molecule has 1 aliphatic rings. The zero-order valence-electron chi connectivity index (χ0n) is 11.8. The molecule has 1 aliphatic carbocycles. The van der Waals surface area contributed by atoms with Gasteiger partial charge in [-0.2, -0.15) is 0 Å². The van der Waals surface area contributed by atoms with Crippen molar-refractivity contribution in [2.45, 2.75) is 3.67 Å². The van der Waals surface area contributed by atoms with E-state index >= 15 is 0 Å². The van der Waals surface area contributed by atoms with E-state index in [1.165, 1.54) is 33.0 Å². The molecule has 3 aromatic rings. The molecule has 107 valence electrons. The van der Waals surface area contributed by atoms with E-state index in [4.69, 9.17) is 0 Å². The van der Waals surface area contributed by atoms with Crippen LogP contribution in [0.1, 0.15) is 20.4 Å². The Morgan fingerprint density at radius 1 is 0.727 bits per heavy atom. The van der Waals surface area contributed by atoms with Crippen LogP contribution in [0, 0.1) is 0 Å². The van der Waals surface area contributed by atoms with Crippen molar-refractivity contribution in [2.75, 3.05) is 0 Å². The van der Waals surface area contributed by atoms with Gasteiger partial charge < -0.3 is 24.8 Å². The van der Waals surface area contributed by atoms with Crippen LogP contribution in [0.2, 0.25) is 0 Å². The zero-order valence-corrected chi connectivity index (χ0v) is 16.9. The molecule has 1 atom stereocenters. The van der Waals surface area contributed by atoms with Crippen LogP contribution in [-0.2, 0) is 24.4 Å². The molecular formula is C19H13Cl2Hf. The predicted molar refractivity (Wildman–Crippen MR) is 81.0 cm³/mol. The first-order valence-electron chi connectivity index (χ1n) is 6.84. The molecule has 0 fully saturated rings. The third-order valence-corrected chi connectivity index (χ3v) is 6.26. The van der Waals surface area contributed by atoms with Gasteiger partial charge in [0.2, 0.25) is 0 Å². The number of rotatable bonds is 1. The summed E-state index contributed by atoms with van der Waals surface area (Å²) in [4.78, 5) is 0. The van der Waals surface area contributed by atoms with Crippen LogP contribution in [0.4, 0.5) is 0 Å². The van der Waals surface area contributed by atoms with Crippen LogP contribution in [0.15, 0.2) is 66.7 Å². The molecule has 0 nitrogen and oxygen atoms in total. The maximum atomic E-state index is 2.38. The second-order valence-electron chi connectivity index (χ2n) is 5.19. The van der Waals surface area contributed by atoms with Gasteiger partial charge in [-0.25, -0.2) is 0 Å². The van der Waals surface area contributed by atoms with E-state index in [1.807, 2.05) is 0 Å². The Kier molecular flexibility index (Phi) is 5.65. The van der Waals surface area contributed by atoms with Crippen LogP contribution in [0.5, 0.6) is 0 Å². The number of hydrogen-bond acceptors (Lipinski definition) is 0. The summed E-state index contributed by atoms with van der Waals surface area (Å²) < 4.78 is 0.608. The minimum atomic E-state index is 0. The summed E-state index contributed by atoms with van der Waals surface area (Å²) >= 11 is 1.15. The average Bonchev–Trinajstić information content (AvgIpc) is 2.84. The third-order valence-electron chi connectivity index (χ3n) is 4.03. The SMILES string of the molecule is [Cl-].[Cl-].[Hf+2][CH]1C(c2cccc3ccccc23)=Cc2ccccc21. The van der Waals surface area contributed by atoms with E-state index in [2.05, 4.69) is 72.8 Å². The van der Waals surface area contributed by atoms with Crippen LogP contribution >= 0.6 is 0 Å². The number of benzene rings is 3. The van der Waals surface area contributed by atoms with Crippen LogP contribution in [0.3, 0.4) is 0 Å². The Hall–Kier alpha value is -0.890. The maximum absolute atomic E-state index is 2.38. The van der Waals surface area contributed by atoms with Crippen molar-refractivity contribution in [3.63, 3.8) is 0 Å². The topological polar surface area (TPSA) is 0 Å². The van der Waals surface area contributed by atoms with Gasteiger partial charge in [0.15, 0.2) is 0 Å². The van der Waals surface area contributed by atoms with Gasteiger partial charge in [0.25, 0.3) is 0 Å². The fourth-order valence-corrected chi connectivity index (χ4v) is 4.84. The fraction of sp³-hybridized carbons (Fsp3) is 0.0526. The molecule has 0 aromatic heterocycles. The number of fused-ring (bicyclic) bond motifs is 2. The summed E-state index contributed by atoms with van der Waals surface area (Å²) in [6.07, 6.45) is 2.38. The van der Waals surface area contributed by atoms with Gasteiger partial charge in [0, 0.05) is 0 Å². The van der Waals surface area contributed by atoms with Crippen molar-refractivity contribution in [2.24, 2.45) is 0 Å². The van der Waals surface area contributed by atoms with Gasteiger partial charge in [-0.3, -0.25) is 0 Å². The average molecular weight is 491 g/mol. The second kappa shape index (κ2) is 7.12. The van der Waals surface area contributed by atoms with Crippen LogP contribution in [0.25, 0.3) is 22.4 Å². The zero-order chi connectivity index (χ0) is 13.5. The Bertz CT molecular complexity index is 834. The van der Waals surface area contributed by atoms with Gasteiger partial charge in [0.05, 0.1) is 0 Å². The van der Waals surface area contributed by atoms with Gasteiger partial charge in [0.1, 0.15) is 0 Å². The van der Waals surface area contributed by atoms with Crippen molar-refractivity contribution in [3.05, 3.63) is 83.4 Å². The molecule has 22 heavy (non-hydrogen) atoms. The van der Waals surface area contributed by atoms with Crippen molar-refractivity contribution < 1.29 is 49.2 Å². The molecule has 1 unspecified atom stereocenters. The fourth-order valence-electron chi connectivity index (χ4n) is 3.03. The number of hydrogen-bond donors (Lipinski definition) is 0.